The largest absolute Gasteiger partial charge is 0.396 e. The highest BCUT2D eigenvalue weighted by molar-refractivity contribution is 7.89. The van der Waals surface area contributed by atoms with Crippen LogP contribution in [0.15, 0.2) is 23.1 Å². The van der Waals surface area contributed by atoms with Crippen LogP contribution in [0.25, 0.3) is 0 Å². The summed E-state index contributed by atoms with van der Waals surface area (Å²) in [4.78, 5) is 10.2. The standard InChI is InChI=1S/C11H14N2O5S/c1-8-10(13(15)16)3-2-4-11(8)19(17,18)12-5-9(6-12)7-14/h2-4,9,14H,5-7H2,1H3. The molecule has 0 aromatic heterocycles. The fraction of sp³-hybridized carbons (Fsp3) is 0.455. The number of aliphatic hydroxyl groups is 1. The lowest BCUT2D eigenvalue weighted by molar-refractivity contribution is -0.385. The summed E-state index contributed by atoms with van der Waals surface area (Å²) in [5.74, 6) is -0.0474. The van der Waals surface area contributed by atoms with Crippen LogP contribution in [-0.2, 0) is 10.0 Å². The van der Waals surface area contributed by atoms with Gasteiger partial charge in [0.15, 0.2) is 0 Å². The van der Waals surface area contributed by atoms with Crippen molar-refractivity contribution < 1.29 is 18.4 Å². The maximum Gasteiger partial charge on any atom is 0.273 e. The van der Waals surface area contributed by atoms with E-state index in [1.165, 1.54) is 29.4 Å². The molecule has 1 aliphatic heterocycles. The summed E-state index contributed by atoms with van der Waals surface area (Å²) in [6.45, 7) is 1.87. The molecule has 1 aromatic carbocycles. The predicted octanol–water partition coefficient (Wildman–Crippen LogP) is 0.516. The third kappa shape index (κ3) is 2.34. The highest BCUT2D eigenvalue weighted by Gasteiger charge is 2.37. The molecule has 0 unspecified atom stereocenters. The zero-order valence-electron chi connectivity index (χ0n) is 10.3. The smallest absolute Gasteiger partial charge is 0.273 e. The van der Waals surface area contributed by atoms with Crippen molar-refractivity contribution in [1.82, 2.24) is 4.31 Å². The van der Waals surface area contributed by atoms with E-state index in [9.17, 15) is 18.5 Å². The summed E-state index contributed by atoms with van der Waals surface area (Å²) in [6, 6.07) is 4.01. The number of rotatable bonds is 4. The van der Waals surface area contributed by atoms with E-state index in [1.54, 1.807) is 0 Å². The highest BCUT2D eigenvalue weighted by atomic mass is 32.2. The van der Waals surface area contributed by atoms with Gasteiger partial charge in [-0.25, -0.2) is 8.42 Å². The number of nitro benzene ring substituents is 1. The Balaban J connectivity index is 2.37. The second-order valence-electron chi connectivity index (χ2n) is 4.53. The van der Waals surface area contributed by atoms with Crippen molar-refractivity contribution in [1.29, 1.82) is 0 Å². The minimum atomic E-state index is -3.71. The topological polar surface area (TPSA) is 101 Å². The Morgan fingerprint density at radius 1 is 1.47 bits per heavy atom. The van der Waals surface area contributed by atoms with Crippen LogP contribution in [0.5, 0.6) is 0 Å². The van der Waals surface area contributed by atoms with Crippen molar-refractivity contribution in [3.05, 3.63) is 33.9 Å². The Hall–Kier alpha value is -1.51. The maximum atomic E-state index is 12.3. The van der Waals surface area contributed by atoms with Crippen molar-refractivity contribution in [2.45, 2.75) is 11.8 Å². The molecule has 0 amide bonds. The molecule has 1 saturated heterocycles. The van der Waals surface area contributed by atoms with Gasteiger partial charge in [-0.15, -0.1) is 0 Å². The van der Waals surface area contributed by atoms with Gasteiger partial charge in [0, 0.05) is 37.2 Å². The zero-order valence-corrected chi connectivity index (χ0v) is 11.1. The van der Waals surface area contributed by atoms with Gasteiger partial charge in [0.05, 0.1) is 9.82 Å². The summed E-state index contributed by atoms with van der Waals surface area (Å²) in [5.41, 5.74) is -0.0692. The van der Waals surface area contributed by atoms with Crippen molar-refractivity contribution in [2.75, 3.05) is 19.7 Å². The number of benzene rings is 1. The maximum absolute atomic E-state index is 12.3. The molecule has 8 heteroatoms. The second-order valence-corrected chi connectivity index (χ2v) is 6.43. The fourth-order valence-electron chi connectivity index (χ4n) is 2.05. The van der Waals surface area contributed by atoms with Gasteiger partial charge < -0.3 is 5.11 Å². The lowest BCUT2D eigenvalue weighted by atomic mass is 10.1. The van der Waals surface area contributed by atoms with Gasteiger partial charge >= 0.3 is 0 Å². The number of hydrogen-bond donors (Lipinski definition) is 1. The molecule has 19 heavy (non-hydrogen) atoms. The average molecular weight is 286 g/mol. The van der Waals surface area contributed by atoms with E-state index < -0.39 is 14.9 Å². The number of nitro groups is 1. The van der Waals surface area contributed by atoms with Crippen LogP contribution in [0.3, 0.4) is 0 Å². The summed E-state index contributed by atoms with van der Waals surface area (Å²) < 4.78 is 25.8. The molecule has 0 spiro atoms. The molecule has 2 rings (SSSR count). The predicted molar refractivity (Wildman–Crippen MR) is 67.2 cm³/mol. The number of sulfonamides is 1. The van der Waals surface area contributed by atoms with E-state index in [0.717, 1.165) is 0 Å². The minimum Gasteiger partial charge on any atom is -0.396 e. The monoisotopic (exact) mass is 286 g/mol. The average Bonchev–Trinajstić information content (AvgIpc) is 2.26. The molecular weight excluding hydrogens is 272 g/mol. The van der Waals surface area contributed by atoms with Crippen LogP contribution in [0.4, 0.5) is 5.69 Å². The van der Waals surface area contributed by atoms with Crippen LogP contribution in [0.2, 0.25) is 0 Å². The van der Waals surface area contributed by atoms with Crippen LogP contribution < -0.4 is 0 Å². The van der Waals surface area contributed by atoms with E-state index in [-0.39, 0.29) is 41.8 Å². The van der Waals surface area contributed by atoms with Gasteiger partial charge in [-0.3, -0.25) is 10.1 Å². The highest BCUT2D eigenvalue weighted by Crippen LogP contribution is 2.30. The van der Waals surface area contributed by atoms with Crippen molar-refractivity contribution in [2.24, 2.45) is 5.92 Å². The number of aliphatic hydroxyl groups excluding tert-OH is 1. The number of nitrogens with zero attached hydrogens (tertiary/aromatic N) is 2. The molecule has 1 N–H and O–H groups in total. The van der Waals surface area contributed by atoms with E-state index >= 15 is 0 Å². The Bertz CT molecular complexity index is 608. The van der Waals surface area contributed by atoms with Crippen LogP contribution in [0, 0.1) is 23.0 Å². The molecule has 0 radical (unpaired) electrons. The van der Waals surface area contributed by atoms with Gasteiger partial charge in [0.2, 0.25) is 10.0 Å². The third-order valence-corrected chi connectivity index (χ3v) is 5.23. The molecular formula is C11H14N2O5S. The van der Waals surface area contributed by atoms with Crippen molar-refractivity contribution in [3.63, 3.8) is 0 Å². The molecule has 0 aliphatic carbocycles. The third-order valence-electron chi connectivity index (χ3n) is 3.25. The summed E-state index contributed by atoms with van der Waals surface area (Å²) >= 11 is 0. The Labute approximate surface area is 110 Å². The van der Waals surface area contributed by atoms with Gasteiger partial charge in [0.25, 0.3) is 5.69 Å². The molecule has 1 aliphatic rings. The van der Waals surface area contributed by atoms with E-state index in [2.05, 4.69) is 0 Å². The SMILES string of the molecule is Cc1c([N+](=O)[O-])cccc1S(=O)(=O)N1CC(CO)C1. The van der Waals surface area contributed by atoms with Gasteiger partial charge in [-0.05, 0) is 13.0 Å². The van der Waals surface area contributed by atoms with Crippen molar-refractivity contribution >= 4 is 15.7 Å². The Kier molecular flexibility index (Phi) is 3.57. The second kappa shape index (κ2) is 4.87. The van der Waals surface area contributed by atoms with Gasteiger partial charge in [0.1, 0.15) is 0 Å². The lowest BCUT2D eigenvalue weighted by Crippen LogP contribution is -2.51. The molecule has 1 heterocycles. The van der Waals surface area contributed by atoms with Gasteiger partial charge in [-0.1, -0.05) is 6.07 Å². The first-order valence-corrected chi connectivity index (χ1v) is 7.17. The van der Waals surface area contributed by atoms with Crippen LogP contribution in [-0.4, -0.2) is 42.4 Å². The molecule has 104 valence electrons. The summed E-state index contributed by atoms with van der Waals surface area (Å²) in [6.07, 6.45) is 0. The first-order chi connectivity index (χ1) is 8.87. The van der Waals surface area contributed by atoms with Crippen molar-refractivity contribution in [3.8, 4) is 0 Å². The zero-order chi connectivity index (χ0) is 14.2. The first-order valence-electron chi connectivity index (χ1n) is 5.73. The van der Waals surface area contributed by atoms with Crippen LogP contribution in [0.1, 0.15) is 5.56 Å². The van der Waals surface area contributed by atoms with Crippen LogP contribution >= 0.6 is 0 Å². The first kappa shape index (κ1) is 13.9. The molecule has 0 saturated carbocycles. The molecule has 0 bridgehead atoms. The molecule has 0 atom stereocenters. The summed E-state index contributed by atoms with van der Waals surface area (Å²) in [5, 5.41) is 19.7. The minimum absolute atomic E-state index is 0.0434. The Morgan fingerprint density at radius 3 is 2.63 bits per heavy atom. The molecule has 1 aromatic rings. The summed E-state index contributed by atoms with van der Waals surface area (Å²) in [7, 11) is -3.71. The van der Waals surface area contributed by atoms with E-state index in [4.69, 9.17) is 5.11 Å². The number of hydrogen-bond acceptors (Lipinski definition) is 5. The van der Waals surface area contributed by atoms with Gasteiger partial charge in [-0.2, -0.15) is 4.31 Å². The van der Waals surface area contributed by atoms with E-state index in [0.29, 0.717) is 0 Å². The normalized spacial score (nSPS) is 17.2. The fourth-order valence-corrected chi connectivity index (χ4v) is 3.89. The Morgan fingerprint density at radius 2 is 2.11 bits per heavy atom. The quantitative estimate of drug-likeness (QED) is 0.642. The molecule has 1 fully saturated rings. The van der Waals surface area contributed by atoms with E-state index in [1.807, 2.05) is 0 Å². The molecule has 7 nitrogen and oxygen atoms in total. The lowest BCUT2D eigenvalue weighted by Gasteiger charge is -2.37.